The number of ether oxygens (including phenoxy) is 1. The van der Waals surface area contributed by atoms with E-state index >= 15 is 0 Å². The van der Waals surface area contributed by atoms with Gasteiger partial charge in [-0.2, -0.15) is 13.2 Å². The molecular weight excluding hydrogens is 593 g/mol. The number of sulfonamides is 1. The number of thiocarbonyl (C=S) groups is 1. The van der Waals surface area contributed by atoms with Gasteiger partial charge < -0.3 is 15.0 Å². The number of aromatic nitrogens is 1. The number of hydrogen-bond acceptors (Lipinski definition) is 7. The van der Waals surface area contributed by atoms with Crippen molar-refractivity contribution >= 4 is 54.2 Å². The van der Waals surface area contributed by atoms with Crippen LogP contribution in [0.1, 0.15) is 18.4 Å². The van der Waals surface area contributed by atoms with E-state index in [1.165, 1.54) is 31.4 Å². The number of piperidine rings is 1. The predicted octanol–water partition coefficient (Wildman–Crippen LogP) is 2.69. The summed E-state index contributed by atoms with van der Waals surface area (Å²) in [7, 11) is -7.82. The second-order valence-corrected chi connectivity index (χ2v) is 12.8. The summed E-state index contributed by atoms with van der Waals surface area (Å²) in [5, 5.41) is 2.27. The third kappa shape index (κ3) is 6.09. The van der Waals surface area contributed by atoms with Gasteiger partial charge in [0.25, 0.3) is 10.0 Å². The molecule has 0 spiro atoms. The van der Waals surface area contributed by atoms with Gasteiger partial charge in [-0.15, -0.1) is 0 Å². The van der Waals surface area contributed by atoms with Crippen molar-refractivity contribution in [3.05, 3.63) is 60.3 Å². The molecule has 2 aromatic carbocycles. The van der Waals surface area contributed by atoms with Crippen LogP contribution in [0.4, 0.5) is 13.2 Å². The van der Waals surface area contributed by atoms with E-state index in [9.17, 15) is 34.8 Å². The zero-order valence-electron chi connectivity index (χ0n) is 21.0. The highest BCUT2D eigenvalue weighted by molar-refractivity contribution is 7.91. The molecule has 4 rings (SSSR count). The smallest absolute Gasteiger partial charge is 0.417 e. The van der Waals surface area contributed by atoms with E-state index in [0.29, 0.717) is 29.3 Å². The van der Waals surface area contributed by atoms with E-state index < -0.39 is 59.6 Å². The average molecular weight is 619 g/mol. The second-order valence-electron chi connectivity index (χ2n) is 8.92. The lowest BCUT2D eigenvalue weighted by Crippen LogP contribution is -2.50. The van der Waals surface area contributed by atoms with Crippen LogP contribution in [0.3, 0.4) is 0 Å². The first-order valence-electron chi connectivity index (χ1n) is 11.9. The first-order chi connectivity index (χ1) is 18.8. The third-order valence-electron chi connectivity index (χ3n) is 6.37. The molecule has 1 aliphatic rings. The highest BCUT2D eigenvalue weighted by Gasteiger charge is 2.38. The van der Waals surface area contributed by atoms with E-state index in [0.717, 1.165) is 12.1 Å². The molecule has 10 nitrogen and oxygen atoms in total. The van der Waals surface area contributed by atoms with E-state index in [1.807, 2.05) is 0 Å². The van der Waals surface area contributed by atoms with Gasteiger partial charge in [0.05, 0.1) is 23.1 Å². The second kappa shape index (κ2) is 11.3. The van der Waals surface area contributed by atoms with Gasteiger partial charge in [-0.1, -0.05) is 24.3 Å². The van der Waals surface area contributed by atoms with Crippen LogP contribution in [0.15, 0.2) is 64.5 Å². The van der Waals surface area contributed by atoms with Crippen molar-refractivity contribution in [2.24, 2.45) is 0 Å². The highest BCUT2D eigenvalue weighted by Crippen LogP contribution is 2.39. The van der Waals surface area contributed by atoms with Crippen LogP contribution in [0, 0.1) is 0 Å². The quantitative estimate of drug-likeness (QED) is 0.304. The normalized spacial score (nSPS) is 15.2. The fourth-order valence-corrected chi connectivity index (χ4v) is 7.62. The summed E-state index contributed by atoms with van der Waals surface area (Å²) in [4.78, 5) is 12.0. The van der Waals surface area contributed by atoms with Crippen LogP contribution in [-0.4, -0.2) is 69.6 Å². The summed E-state index contributed by atoms with van der Waals surface area (Å²) in [5.41, 5.74) is -1.69. The van der Waals surface area contributed by atoms with Gasteiger partial charge in [0.15, 0.2) is 5.11 Å². The molecule has 0 saturated carbocycles. The summed E-state index contributed by atoms with van der Waals surface area (Å²) < 4.78 is 103. The van der Waals surface area contributed by atoms with Gasteiger partial charge >= 0.3 is 12.1 Å². The topological polar surface area (TPSA) is 127 Å². The Morgan fingerprint density at radius 2 is 1.70 bits per heavy atom. The predicted molar refractivity (Wildman–Crippen MR) is 143 cm³/mol. The number of benzene rings is 2. The molecule has 1 fully saturated rings. The number of halogens is 3. The van der Waals surface area contributed by atoms with Crippen LogP contribution in [0.5, 0.6) is 0 Å². The lowest BCUT2D eigenvalue weighted by atomic mass is 10.1. The number of carbonyl (C=O) groups excluding carboxylic acids is 1. The van der Waals surface area contributed by atoms with Crippen LogP contribution < -0.4 is 10.0 Å². The molecular formula is C24H25F3N4O6S3. The SMILES string of the molecule is COC(=O)CNC(=S)N1CCC(NS(=O)(=O)c2cn(S(=O)(=O)c3ccccc3)c3cccc(C(F)(F)F)c23)CC1. The fraction of sp³-hybridized carbons (Fsp3) is 0.333. The Balaban J connectivity index is 1.66. The maximum absolute atomic E-state index is 14.0. The first-order valence-corrected chi connectivity index (χ1v) is 15.2. The molecule has 216 valence electrons. The maximum Gasteiger partial charge on any atom is 0.417 e. The average Bonchev–Trinajstić information content (AvgIpc) is 3.33. The van der Waals surface area contributed by atoms with E-state index in [1.54, 1.807) is 11.0 Å². The molecule has 0 bridgehead atoms. The Labute approximate surface area is 234 Å². The number of nitrogens with zero attached hydrogens (tertiary/aromatic N) is 2. The molecule has 40 heavy (non-hydrogen) atoms. The van der Waals surface area contributed by atoms with Crippen molar-refractivity contribution < 1.29 is 39.5 Å². The summed E-state index contributed by atoms with van der Waals surface area (Å²) in [6.07, 6.45) is -3.73. The van der Waals surface area contributed by atoms with Crippen molar-refractivity contribution in [3.8, 4) is 0 Å². The van der Waals surface area contributed by atoms with Gasteiger partial charge in [-0.05, 0) is 49.3 Å². The molecule has 3 aromatic rings. The molecule has 1 saturated heterocycles. The van der Waals surface area contributed by atoms with Crippen molar-refractivity contribution in [1.29, 1.82) is 0 Å². The number of methoxy groups -OCH3 is 1. The number of hydrogen-bond donors (Lipinski definition) is 2. The number of fused-ring (bicyclic) bond motifs is 1. The minimum atomic E-state index is -4.95. The Kier molecular flexibility index (Phi) is 8.44. The van der Waals surface area contributed by atoms with E-state index in [4.69, 9.17) is 12.2 Å². The minimum Gasteiger partial charge on any atom is -0.468 e. The molecule has 1 aromatic heterocycles. The van der Waals surface area contributed by atoms with Crippen LogP contribution in [0.25, 0.3) is 10.9 Å². The highest BCUT2D eigenvalue weighted by atomic mass is 32.2. The van der Waals surface area contributed by atoms with Crippen molar-refractivity contribution in [3.63, 3.8) is 0 Å². The van der Waals surface area contributed by atoms with Gasteiger partial charge in [-0.25, -0.2) is 25.5 Å². The Bertz CT molecular complexity index is 1630. The molecule has 0 unspecified atom stereocenters. The molecule has 0 atom stereocenters. The van der Waals surface area contributed by atoms with Crippen molar-refractivity contribution in [2.45, 2.75) is 34.9 Å². The van der Waals surface area contributed by atoms with Crippen molar-refractivity contribution in [2.75, 3.05) is 26.7 Å². The van der Waals surface area contributed by atoms with Gasteiger partial charge in [-0.3, -0.25) is 4.79 Å². The van der Waals surface area contributed by atoms with Crippen LogP contribution >= 0.6 is 12.2 Å². The number of rotatable bonds is 7. The summed E-state index contributed by atoms with van der Waals surface area (Å²) in [6.45, 7) is 0.468. The largest absolute Gasteiger partial charge is 0.468 e. The standard InChI is InChI=1S/C24H25F3N4O6S3/c1-37-21(32)14-28-23(38)30-12-10-16(11-13-30)29-39(33,34)20-15-31(40(35,36)17-6-3-2-4-7-17)19-9-5-8-18(22(19)20)24(25,26)27/h2-9,15-16,29H,10-14H2,1H3,(H,28,38). The summed E-state index contributed by atoms with van der Waals surface area (Å²) in [5.74, 6) is -0.517. The molecule has 0 aliphatic carbocycles. The zero-order valence-corrected chi connectivity index (χ0v) is 23.5. The first kappa shape index (κ1) is 29.8. The Morgan fingerprint density at radius 1 is 1.05 bits per heavy atom. The van der Waals surface area contributed by atoms with E-state index in [2.05, 4.69) is 14.8 Å². The monoisotopic (exact) mass is 618 g/mol. The summed E-state index contributed by atoms with van der Waals surface area (Å²) in [6, 6.07) is 9.20. The Morgan fingerprint density at radius 3 is 2.30 bits per heavy atom. The van der Waals surface area contributed by atoms with Crippen LogP contribution in [0.2, 0.25) is 0 Å². The van der Waals surface area contributed by atoms with Gasteiger partial charge in [0, 0.05) is 30.7 Å². The molecule has 16 heteroatoms. The molecule has 0 radical (unpaired) electrons. The fourth-order valence-electron chi connectivity index (χ4n) is 4.38. The lowest BCUT2D eigenvalue weighted by Gasteiger charge is -2.33. The summed E-state index contributed by atoms with van der Waals surface area (Å²) >= 11 is 5.25. The molecule has 2 N–H and O–H groups in total. The third-order valence-corrected chi connectivity index (χ3v) is 9.99. The van der Waals surface area contributed by atoms with Gasteiger partial charge in [0.2, 0.25) is 10.0 Å². The maximum atomic E-state index is 14.0. The molecule has 1 aliphatic heterocycles. The lowest BCUT2D eigenvalue weighted by molar-refractivity contribution is -0.139. The number of alkyl halides is 3. The minimum absolute atomic E-state index is 0.140. The van der Waals surface area contributed by atoms with Crippen molar-refractivity contribution in [1.82, 2.24) is 18.9 Å². The zero-order chi connectivity index (χ0) is 29.3. The number of esters is 1. The Hall–Kier alpha value is -3.21. The number of carbonyl (C=O) groups is 1. The number of nitrogens with one attached hydrogen (secondary N) is 2. The van der Waals surface area contributed by atoms with Gasteiger partial charge in [0.1, 0.15) is 11.4 Å². The molecule has 2 heterocycles. The number of likely N-dealkylation sites (tertiary alicyclic amines) is 1. The van der Waals surface area contributed by atoms with Crippen LogP contribution in [-0.2, 0) is 35.8 Å². The van der Waals surface area contributed by atoms with E-state index in [-0.39, 0.29) is 29.4 Å². The molecule has 0 amide bonds.